The minimum absolute atomic E-state index is 0.0580. The fourth-order valence-corrected chi connectivity index (χ4v) is 2.57. The Morgan fingerprint density at radius 1 is 1.65 bits per heavy atom. The summed E-state index contributed by atoms with van der Waals surface area (Å²) in [5.74, 6) is -0.0580. The molecule has 5 nitrogen and oxygen atoms in total. The van der Waals surface area contributed by atoms with Crippen LogP contribution < -0.4 is 0 Å². The van der Waals surface area contributed by atoms with Gasteiger partial charge in [-0.05, 0) is 33.5 Å². The van der Waals surface area contributed by atoms with Crippen LogP contribution in [0.15, 0.2) is 22.9 Å². The Labute approximate surface area is 111 Å². The minimum Gasteiger partial charge on any atom is -0.352 e. The molecule has 0 unspecified atom stereocenters. The number of aryl methyl sites for hydroxylation is 1. The molecular formula is C10H11BrN4OS. The lowest BCUT2D eigenvalue weighted by Crippen LogP contribution is -2.26. The van der Waals surface area contributed by atoms with Crippen molar-refractivity contribution in [2.75, 3.05) is 7.05 Å². The zero-order valence-corrected chi connectivity index (χ0v) is 11.8. The van der Waals surface area contributed by atoms with Crippen LogP contribution in [-0.4, -0.2) is 32.0 Å². The van der Waals surface area contributed by atoms with Gasteiger partial charge >= 0.3 is 0 Å². The SMILES string of the molecule is CN(Cc1cc(Br)cn1C)C(=O)c1cnns1. The first-order chi connectivity index (χ1) is 8.08. The minimum atomic E-state index is -0.0580. The first-order valence-electron chi connectivity index (χ1n) is 4.91. The van der Waals surface area contributed by atoms with Gasteiger partial charge in [-0.3, -0.25) is 4.79 Å². The molecule has 0 N–H and O–H groups in total. The number of nitrogens with zero attached hydrogens (tertiary/aromatic N) is 4. The van der Waals surface area contributed by atoms with Gasteiger partial charge < -0.3 is 9.47 Å². The highest BCUT2D eigenvalue weighted by atomic mass is 79.9. The first kappa shape index (κ1) is 12.3. The van der Waals surface area contributed by atoms with Crippen LogP contribution in [0.1, 0.15) is 15.4 Å². The Balaban J connectivity index is 2.09. The summed E-state index contributed by atoms with van der Waals surface area (Å²) in [6, 6.07) is 1.99. The smallest absolute Gasteiger partial charge is 0.267 e. The van der Waals surface area contributed by atoms with Crippen molar-refractivity contribution < 1.29 is 4.79 Å². The van der Waals surface area contributed by atoms with Crippen molar-refractivity contribution in [1.82, 2.24) is 19.1 Å². The van der Waals surface area contributed by atoms with E-state index in [1.165, 1.54) is 6.20 Å². The number of aromatic nitrogens is 3. The molecule has 0 fully saturated rings. The van der Waals surface area contributed by atoms with E-state index in [1.807, 2.05) is 23.9 Å². The van der Waals surface area contributed by atoms with Gasteiger partial charge in [-0.1, -0.05) is 4.49 Å². The predicted octanol–water partition coefficient (Wildman–Crippen LogP) is 1.91. The van der Waals surface area contributed by atoms with Crippen molar-refractivity contribution in [3.05, 3.63) is 33.5 Å². The van der Waals surface area contributed by atoms with E-state index >= 15 is 0 Å². The molecule has 1 amide bonds. The van der Waals surface area contributed by atoms with Crippen molar-refractivity contribution in [3.63, 3.8) is 0 Å². The lowest BCUT2D eigenvalue weighted by molar-refractivity contribution is 0.0787. The lowest BCUT2D eigenvalue weighted by atomic mass is 10.3. The molecule has 2 rings (SSSR count). The molecule has 0 bridgehead atoms. The normalized spacial score (nSPS) is 10.5. The van der Waals surface area contributed by atoms with Crippen LogP contribution in [0.5, 0.6) is 0 Å². The molecule has 2 heterocycles. The highest BCUT2D eigenvalue weighted by Crippen LogP contribution is 2.16. The third-order valence-corrected chi connectivity index (χ3v) is 3.48. The maximum absolute atomic E-state index is 12.0. The number of carbonyl (C=O) groups is 1. The van der Waals surface area contributed by atoms with Gasteiger partial charge in [-0.15, -0.1) is 5.10 Å². The molecule has 0 radical (unpaired) electrons. The van der Waals surface area contributed by atoms with Crippen molar-refractivity contribution in [2.24, 2.45) is 7.05 Å². The summed E-state index contributed by atoms with van der Waals surface area (Å²) >= 11 is 4.52. The predicted molar refractivity (Wildman–Crippen MR) is 68.8 cm³/mol. The average molecular weight is 315 g/mol. The molecule has 2 aromatic heterocycles. The van der Waals surface area contributed by atoms with Gasteiger partial charge in [0.05, 0.1) is 12.7 Å². The quantitative estimate of drug-likeness (QED) is 0.869. The molecule has 0 aliphatic rings. The Bertz CT molecular complexity index is 522. The number of carbonyl (C=O) groups excluding carboxylic acids is 1. The third-order valence-electron chi connectivity index (χ3n) is 2.39. The van der Waals surface area contributed by atoms with E-state index in [4.69, 9.17) is 0 Å². The monoisotopic (exact) mass is 314 g/mol. The van der Waals surface area contributed by atoms with Crippen LogP contribution >= 0.6 is 27.5 Å². The number of halogens is 1. The molecule has 17 heavy (non-hydrogen) atoms. The molecule has 0 aliphatic heterocycles. The van der Waals surface area contributed by atoms with Crippen molar-refractivity contribution in [3.8, 4) is 0 Å². The van der Waals surface area contributed by atoms with Gasteiger partial charge in [0, 0.05) is 30.5 Å². The van der Waals surface area contributed by atoms with Gasteiger partial charge in [0.1, 0.15) is 4.88 Å². The molecule has 7 heteroatoms. The van der Waals surface area contributed by atoms with Gasteiger partial charge in [0.2, 0.25) is 0 Å². The fourth-order valence-electron chi connectivity index (χ4n) is 1.49. The van der Waals surface area contributed by atoms with E-state index in [-0.39, 0.29) is 5.91 Å². The summed E-state index contributed by atoms with van der Waals surface area (Å²) in [5, 5.41) is 3.66. The molecule has 0 spiro atoms. The van der Waals surface area contributed by atoms with Gasteiger partial charge in [0.15, 0.2) is 0 Å². The van der Waals surface area contributed by atoms with Crippen molar-refractivity contribution >= 4 is 33.4 Å². The lowest BCUT2D eigenvalue weighted by Gasteiger charge is -2.16. The number of hydrogen-bond donors (Lipinski definition) is 0. The van der Waals surface area contributed by atoms with Crippen LogP contribution in [0.4, 0.5) is 0 Å². The highest BCUT2D eigenvalue weighted by molar-refractivity contribution is 9.10. The second kappa shape index (κ2) is 4.97. The Morgan fingerprint density at radius 2 is 2.41 bits per heavy atom. The number of hydrogen-bond acceptors (Lipinski definition) is 4. The zero-order chi connectivity index (χ0) is 12.4. The van der Waals surface area contributed by atoms with E-state index in [1.54, 1.807) is 11.9 Å². The summed E-state index contributed by atoms with van der Waals surface area (Å²) in [6.07, 6.45) is 3.45. The summed E-state index contributed by atoms with van der Waals surface area (Å²) in [6.45, 7) is 0.554. The molecule has 90 valence electrons. The van der Waals surface area contributed by atoms with Crippen LogP contribution in [0, 0.1) is 0 Å². The summed E-state index contributed by atoms with van der Waals surface area (Å²) in [4.78, 5) is 14.2. The summed E-state index contributed by atoms with van der Waals surface area (Å²) in [7, 11) is 3.72. The maximum atomic E-state index is 12.0. The molecule has 0 aliphatic carbocycles. The maximum Gasteiger partial charge on any atom is 0.267 e. The summed E-state index contributed by atoms with van der Waals surface area (Å²) < 4.78 is 6.68. The molecular weight excluding hydrogens is 304 g/mol. The second-order valence-electron chi connectivity index (χ2n) is 3.70. The number of rotatable bonds is 3. The molecule has 2 aromatic rings. The molecule has 0 aromatic carbocycles. The largest absolute Gasteiger partial charge is 0.352 e. The highest BCUT2D eigenvalue weighted by Gasteiger charge is 2.15. The first-order valence-corrected chi connectivity index (χ1v) is 6.48. The molecule has 0 atom stereocenters. The van der Waals surface area contributed by atoms with E-state index in [0.29, 0.717) is 11.4 Å². The second-order valence-corrected chi connectivity index (χ2v) is 5.40. The fraction of sp³-hybridized carbons (Fsp3) is 0.300. The topological polar surface area (TPSA) is 51.0 Å². The van der Waals surface area contributed by atoms with Gasteiger partial charge in [-0.2, -0.15) is 0 Å². The number of amides is 1. The standard InChI is InChI=1S/C10H11BrN4OS/c1-14-5-7(11)3-8(14)6-15(2)10(16)9-4-12-13-17-9/h3-5H,6H2,1-2H3. The van der Waals surface area contributed by atoms with Gasteiger partial charge in [0.25, 0.3) is 5.91 Å². The van der Waals surface area contributed by atoms with E-state index < -0.39 is 0 Å². The van der Waals surface area contributed by atoms with Crippen molar-refractivity contribution in [2.45, 2.75) is 6.54 Å². The van der Waals surface area contributed by atoms with Crippen molar-refractivity contribution in [1.29, 1.82) is 0 Å². The van der Waals surface area contributed by atoms with E-state index in [0.717, 1.165) is 21.7 Å². The van der Waals surface area contributed by atoms with E-state index in [9.17, 15) is 4.79 Å². The Hall–Kier alpha value is -1.21. The molecule has 0 saturated heterocycles. The summed E-state index contributed by atoms with van der Waals surface area (Å²) in [5.41, 5.74) is 1.06. The van der Waals surface area contributed by atoms with Crippen LogP contribution in [0.25, 0.3) is 0 Å². The van der Waals surface area contributed by atoms with Gasteiger partial charge in [-0.25, -0.2) is 0 Å². The Morgan fingerprint density at radius 3 is 2.94 bits per heavy atom. The molecule has 0 saturated carbocycles. The van der Waals surface area contributed by atoms with Crippen LogP contribution in [0.3, 0.4) is 0 Å². The van der Waals surface area contributed by atoms with Crippen LogP contribution in [0.2, 0.25) is 0 Å². The zero-order valence-electron chi connectivity index (χ0n) is 9.42. The van der Waals surface area contributed by atoms with Crippen LogP contribution in [-0.2, 0) is 13.6 Å². The third kappa shape index (κ3) is 2.73. The Kier molecular flexibility index (Phi) is 3.58. The average Bonchev–Trinajstić information content (AvgIpc) is 2.88. The van der Waals surface area contributed by atoms with E-state index in [2.05, 4.69) is 25.5 Å².